The Labute approximate surface area is 125 Å². The molecule has 0 radical (unpaired) electrons. The maximum absolute atomic E-state index is 12.3. The molecule has 0 aliphatic heterocycles. The van der Waals surface area contributed by atoms with Gasteiger partial charge in [0.05, 0.1) is 13.5 Å². The zero-order valence-corrected chi connectivity index (χ0v) is 13.6. The number of carboxylic acids is 1. The SMILES string of the molecule is COC(=O)CN(C(=O)NC(CC(=O)O)C(C)(C)C)C(C)C. The van der Waals surface area contributed by atoms with Crippen LogP contribution in [0.15, 0.2) is 0 Å². The van der Waals surface area contributed by atoms with E-state index in [-0.39, 0.29) is 19.0 Å². The van der Waals surface area contributed by atoms with Gasteiger partial charge in [-0.2, -0.15) is 0 Å². The Balaban J connectivity index is 4.99. The molecular weight excluding hydrogens is 276 g/mol. The number of carbonyl (C=O) groups excluding carboxylic acids is 2. The third-order valence-electron chi connectivity index (χ3n) is 3.13. The Kier molecular flexibility index (Phi) is 7.18. The number of nitrogens with one attached hydrogen (secondary N) is 1. The largest absolute Gasteiger partial charge is 0.481 e. The summed E-state index contributed by atoms with van der Waals surface area (Å²) < 4.78 is 4.56. The molecule has 0 spiro atoms. The molecule has 2 N–H and O–H groups in total. The molecule has 1 unspecified atom stereocenters. The lowest BCUT2D eigenvalue weighted by molar-refractivity contribution is -0.142. The molecule has 0 aliphatic carbocycles. The van der Waals surface area contributed by atoms with Crippen LogP contribution in [0.25, 0.3) is 0 Å². The van der Waals surface area contributed by atoms with Crippen LogP contribution in [-0.4, -0.2) is 53.7 Å². The predicted octanol–water partition coefficient (Wildman–Crippen LogP) is 1.47. The van der Waals surface area contributed by atoms with Crippen LogP contribution in [0.2, 0.25) is 0 Å². The van der Waals surface area contributed by atoms with E-state index in [1.165, 1.54) is 12.0 Å². The van der Waals surface area contributed by atoms with Gasteiger partial charge in [0.15, 0.2) is 0 Å². The Bertz CT molecular complexity index is 387. The molecule has 7 nitrogen and oxygen atoms in total. The second-order valence-electron chi connectivity index (χ2n) is 6.26. The summed E-state index contributed by atoms with van der Waals surface area (Å²) in [5.41, 5.74) is -0.415. The van der Waals surface area contributed by atoms with Crippen molar-refractivity contribution in [2.45, 2.75) is 53.1 Å². The highest BCUT2D eigenvalue weighted by Crippen LogP contribution is 2.22. The number of hydrogen-bond acceptors (Lipinski definition) is 4. The number of carboxylic acid groups (broad SMARTS) is 1. The number of hydrogen-bond donors (Lipinski definition) is 2. The zero-order valence-electron chi connectivity index (χ0n) is 13.6. The van der Waals surface area contributed by atoms with Crippen molar-refractivity contribution in [2.24, 2.45) is 5.41 Å². The van der Waals surface area contributed by atoms with Gasteiger partial charge in [0.25, 0.3) is 0 Å². The first-order valence-electron chi connectivity index (χ1n) is 6.84. The second-order valence-corrected chi connectivity index (χ2v) is 6.26. The highest BCUT2D eigenvalue weighted by Gasteiger charge is 2.31. The molecule has 122 valence electrons. The molecule has 0 heterocycles. The Morgan fingerprint density at radius 1 is 1.24 bits per heavy atom. The molecule has 0 fully saturated rings. The van der Waals surface area contributed by atoms with Crippen molar-refractivity contribution in [3.8, 4) is 0 Å². The summed E-state index contributed by atoms with van der Waals surface area (Å²) in [6.07, 6.45) is -0.181. The lowest BCUT2D eigenvalue weighted by Crippen LogP contribution is -2.53. The van der Waals surface area contributed by atoms with Gasteiger partial charge in [-0.3, -0.25) is 9.59 Å². The van der Waals surface area contributed by atoms with Gasteiger partial charge in [0.1, 0.15) is 6.54 Å². The van der Waals surface area contributed by atoms with E-state index in [1.54, 1.807) is 13.8 Å². The number of carbonyl (C=O) groups is 3. The minimum absolute atomic E-state index is 0.177. The quantitative estimate of drug-likeness (QED) is 0.724. The number of rotatable bonds is 6. The van der Waals surface area contributed by atoms with Crippen LogP contribution < -0.4 is 5.32 Å². The third-order valence-corrected chi connectivity index (χ3v) is 3.13. The van der Waals surface area contributed by atoms with Crippen LogP contribution in [0.3, 0.4) is 0 Å². The number of urea groups is 1. The molecule has 7 heteroatoms. The number of nitrogens with zero attached hydrogens (tertiary/aromatic N) is 1. The lowest BCUT2D eigenvalue weighted by atomic mass is 9.85. The van der Waals surface area contributed by atoms with Crippen molar-refractivity contribution in [2.75, 3.05) is 13.7 Å². The topological polar surface area (TPSA) is 95.9 Å². The number of methoxy groups -OCH3 is 1. The van der Waals surface area contributed by atoms with E-state index < -0.39 is 29.4 Å². The molecule has 0 saturated heterocycles. The van der Waals surface area contributed by atoms with Gasteiger partial charge < -0.3 is 20.1 Å². The van der Waals surface area contributed by atoms with Crippen molar-refractivity contribution >= 4 is 18.0 Å². The molecule has 21 heavy (non-hydrogen) atoms. The highest BCUT2D eigenvalue weighted by molar-refractivity contribution is 5.81. The van der Waals surface area contributed by atoms with E-state index in [0.717, 1.165) is 0 Å². The van der Waals surface area contributed by atoms with Gasteiger partial charge in [0, 0.05) is 12.1 Å². The summed E-state index contributed by atoms with van der Waals surface area (Å²) in [5, 5.41) is 11.6. The molecule has 0 aromatic rings. The summed E-state index contributed by atoms with van der Waals surface area (Å²) >= 11 is 0. The Morgan fingerprint density at radius 2 is 1.76 bits per heavy atom. The van der Waals surface area contributed by atoms with Crippen LogP contribution in [0.1, 0.15) is 41.0 Å². The maximum Gasteiger partial charge on any atom is 0.325 e. The first kappa shape index (κ1) is 19.2. The second kappa shape index (κ2) is 7.85. The minimum atomic E-state index is -0.987. The maximum atomic E-state index is 12.3. The van der Waals surface area contributed by atoms with E-state index in [4.69, 9.17) is 5.11 Å². The molecule has 0 aromatic carbocycles. The van der Waals surface area contributed by atoms with Crippen molar-refractivity contribution in [1.29, 1.82) is 0 Å². The summed E-state index contributed by atoms with van der Waals surface area (Å²) in [4.78, 5) is 35.9. The van der Waals surface area contributed by atoms with E-state index in [0.29, 0.717) is 0 Å². The summed E-state index contributed by atoms with van der Waals surface area (Å²) in [5.74, 6) is -1.51. The van der Waals surface area contributed by atoms with Crippen molar-refractivity contribution in [3.63, 3.8) is 0 Å². The molecule has 0 bridgehead atoms. The van der Waals surface area contributed by atoms with Gasteiger partial charge in [-0.05, 0) is 19.3 Å². The Morgan fingerprint density at radius 3 is 2.10 bits per heavy atom. The number of aliphatic carboxylic acids is 1. The average Bonchev–Trinajstić information content (AvgIpc) is 2.32. The van der Waals surface area contributed by atoms with Gasteiger partial charge in [-0.15, -0.1) is 0 Å². The van der Waals surface area contributed by atoms with E-state index >= 15 is 0 Å². The fourth-order valence-corrected chi connectivity index (χ4v) is 1.67. The molecule has 1 atom stereocenters. The number of esters is 1. The standard InChI is InChI=1S/C14H26N2O5/c1-9(2)16(8-12(19)21-6)13(20)15-10(7-11(17)18)14(3,4)5/h9-10H,7-8H2,1-6H3,(H,15,20)(H,17,18). The molecule has 0 saturated carbocycles. The normalized spacial score (nSPS) is 12.7. The van der Waals surface area contributed by atoms with E-state index in [2.05, 4.69) is 10.1 Å². The molecule has 0 rings (SSSR count). The van der Waals surface area contributed by atoms with Crippen LogP contribution in [0.5, 0.6) is 0 Å². The van der Waals surface area contributed by atoms with Gasteiger partial charge in [-0.25, -0.2) is 4.79 Å². The molecular formula is C14H26N2O5. The van der Waals surface area contributed by atoms with Crippen molar-refractivity contribution in [1.82, 2.24) is 10.2 Å². The first-order chi connectivity index (χ1) is 9.48. The first-order valence-corrected chi connectivity index (χ1v) is 6.84. The van der Waals surface area contributed by atoms with Gasteiger partial charge >= 0.3 is 18.0 Å². The molecule has 2 amide bonds. The monoisotopic (exact) mass is 302 g/mol. The summed E-state index contributed by atoms with van der Waals surface area (Å²) in [6, 6.07) is -1.23. The van der Waals surface area contributed by atoms with E-state index in [9.17, 15) is 14.4 Å². The number of ether oxygens (including phenoxy) is 1. The lowest BCUT2D eigenvalue weighted by Gasteiger charge is -2.34. The van der Waals surface area contributed by atoms with E-state index in [1.807, 2.05) is 20.8 Å². The smallest absolute Gasteiger partial charge is 0.325 e. The zero-order chi connectivity index (χ0) is 16.8. The van der Waals surface area contributed by atoms with Gasteiger partial charge in [-0.1, -0.05) is 20.8 Å². The minimum Gasteiger partial charge on any atom is -0.481 e. The number of amides is 2. The molecule has 0 aliphatic rings. The van der Waals surface area contributed by atoms with Crippen LogP contribution in [-0.2, 0) is 14.3 Å². The summed E-state index contributed by atoms with van der Waals surface area (Å²) in [6.45, 7) is 8.91. The predicted molar refractivity (Wildman–Crippen MR) is 77.9 cm³/mol. The average molecular weight is 302 g/mol. The fourth-order valence-electron chi connectivity index (χ4n) is 1.67. The van der Waals surface area contributed by atoms with Crippen LogP contribution >= 0.6 is 0 Å². The van der Waals surface area contributed by atoms with Crippen molar-refractivity contribution < 1.29 is 24.2 Å². The third kappa shape index (κ3) is 6.97. The van der Waals surface area contributed by atoms with Crippen LogP contribution in [0.4, 0.5) is 4.79 Å². The van der Waals surface area contributed by atoms with Crippen molar-refractivity contribution in [3.05, 3.63) is 0 Å². The molecule has 0 aromatic heterocycles. The fraction of sp³-hybridized carbons (Fsp3) is 0.786. The highest BCUT2D eigenvalue weighted by atomic mass is 16.5. The Hall–Kier alpha value is -1.79. The van der Waals surface area contributed by atoms with Crippen LogP contribution in [0, 0.1) is 5.41 Å². The van der Waals surface area contributed by atoms with Gasteiger partial charge in [0.2, 0.25) is 0 Å². The summed E-state index contributed by atoms with van der Waals surface area (Å²) in [7, 11) is 1.25.